The average Bonchev–Trinajstić information content (AvgIpc) is 2.48. The Balaban J connectivity index is 2.32. The first kappa shape index (κ1) is 15.5. The van der Waals surface area contributed by atoms with Crippen molar-refractivity contribution in [3.63, 3.8) is 0 Å². The Hall–Kier alpha value is -1.85. The number of sulfonamides is 1. The molecule has 0 radical (unpaired) electrons. The fourth-order valence-electron chi connectivity index (χ4n) is 2.19. The van der Waals surface area contributed by atoms with Crippen molar-refractivity contribution in [2.75, 3.05) is 11.3 Å². The summed E-state index contributed by atoms with van der Waals surface area (Å²) in [6.45, 7) is 4.85. The van der Waals surface area contributed by atoms with Gasteiger partial charge < -0.3 is 5.32 Å². The second-order valence-electron chi connectivity index (χ2n) is 4.79. The first-order valence-electron chi connectivity index (χ1n) is 6.94. The lowest BCUT2D eigenvalue weighted by molar-refractivity contribution is 0.596. The van der Waals surface area contributed by atoms with Gasteiger partial charge in [0.25, 0.3) is 10.0 Å². The van der Waals surface area contributed by atoms with E-state index in [2.05, 4.69) is 10.0 Å². The molecule has 112 valence electrons. The molecule has 5 heteroatoms. The summed E-state index contributed by atoms with van der Waals surface area (Å²) in [6, 6.07) is 15.9. The van der Waals surface area contributed by atoms with Gasteiger partial charge in [0.05, 0.1) is 10.6 Å². The van der Waals surface area contributed by atoms with Gasteiger partial charge in [-0.2, -0.15) is 0 Å². The van der Waals surface area contributed by atoms with Crippen molar-refractivity contribution < 1.29 is 8.42 Å². The summed E-state index contributed by atoms with van der Waals surface area (Å²) in [5, 5.41) is 3.29. The van der Waals surface area contributed by atoms with E-state index in [0.29, 0.717) is 5.69 Å². The number of anilines is 1. The predicted molar refractivity (Wildman–Crippen MR) is 85.8 cm³/mol. The quantitative estimate of drug-likeness (QED) is 0.862. The summed E-state index contributed by atoms with van der Waals surface area (Å²) in [4.78, 5) is 0.260. The van der Waals surface area contributed by atoms with Crippen molar-refractivity contribution >= 4 is 15.7 Å². The molecule has 0 amide bonds. The molecule has 0 bridgehead atoms. The molecule has 1 unspecified atom stereocenters. The normalized spacial score (nSPS) is 12.9. The highest BCUT2D eigenvalue weighted by atomic mass is 32.2. The van der Waals surface area contributed by atoms with E-state index in [-0.39, 0.29) is 10.9 Å². The Bertz CT molecular complexity index is 684. The molecular formula is C16H20N2O2S. The van der Waals surface area contributed by atoms with Crippen LogP contribution in [0.4, 0.5) is 5.69 Å². The summed E-state index contributed by atoms with van der Waals surface area (Å²) in [7, 11) is -3.56. The summed E-state index contributed by atoms with van der Waals surface area (Å²) in [5.74, 6) is 0. The number of benzene rings is 2. The maximum absolute atomic E-state index is 12.4. The van der Waals surface area contributed by atoms with E-state index in [4.69, 9.17) is 0 Å². The first-order valence-corrected chi connectivity index (χ1v) is 8.43. The Morgan fingerprint density at radius 1 is 1.00 bits per heavy atom. The van der Waals surface area contributed by atoms with E-state index >= 15 is 0 Å². The highest BCUT2D eigenvalue weighted by Crippen LogP contribution is 2.25. The molecule has 0 fully saturated rings. The van der Waals surface area contributed by atoms with Gasteiger partial charge in [-0.25, -0.2) is 8.42 Å². The first-order chi connectivity index (χ1) is 10.0. The molecule has 0 saturated heterocycles. The van der Waals surface area contributed by atoms with Crippen LogP contribution in [0.5, 0.6) is 0 Å². The standard InChI is InChI=1S/C16H20N2O2S/c1-3-17-13(2)15-11-7-8-12-16(15)18-21(19,20)14-9-5-4-6-10-14/h4-13,17-18H,3H2,1-2H3. The van der Waals surface area contributed by atoms with Crippen LogP contribution < -0.4 is 10.0 Å². The van der Waals surface area contributed by atoms with Crippen LogP contribution in [0.1, 0.15) is 25.5 Å². The molecule has 0 aliphatic heterocycles. The maximum Gasteiger partial charge on any atom is 0.261 e. The minimum atomic E-state index is -3.56. The van der Waals surface area contributed by atoms with Crippen LogP contribution >= 0.6 is 0 Å². The van der Waals surface area contributed by atoms with Gasteiger partial charge in [0, 0.05) is 6.04 Å². The van der Waals surface area contributed by atoms with Crippen molar-refractivity contribution in [1.82, 2.24) is 5.32 Å². The molecule has 2 aromatic carbocycles. The fourth-order valence-corrected chi connectivity index (χ4v) is 3.30. The highest BCUT2D eigenvalue weighted by Gasteiger charge is 2.17. The monoisotopic (exact) mass is 304 g/mol. The Morgan fingerprint density at radius 2 is 1.62 bits per heavy atom. The Labute approximate surface area is 126 Å². The molecule has 0 aliphatic carbocycles. The van der Waals surface area contributed by atoms with Crippen molar-refractivity contribution in [3.8, 4) is 0 Å². The van der Waals surface area contributed by atoms with Gasteiger partial charge in [0.15, 0.2) is 0 Å². The molecule has 0 spiro atoms. The van der Waals surface area contributed by atoms with E-state index in [1.54, 1.807) is 36.4 Å². The molecule has 2 aromatic rings. The lowest BCUT2D eigenvalue weighted by atomic mass is 10.1. The fraction of sp³-hybridized carbons (Fsp3) is 0.250. The van der Waals surface area contributed by atoms with E-state index in [9.17, 15) is 8.42 Å². The molecule has 0 aromatic heterocycles. The summed E-state index contributed by atoms with van der Waals surface area (Å²) in [6.07, 6.45) is 0. The molecular weight excluding hydrogens is 284 g/mol. The molecule has 0 saturated carbocycles. The number of hydrogen-bond acceptors (Lipinski definition) is 3. The topological polar surface area (TPSA) is 58.2 Å². The third kappa shape index (κ3) is 3.83. The SMILES string of the molecule is CCNC(C)c1ccccc1NS(=O)(=O)c1ccccc1. The molecule has 4 nitrogen and oxygen atoms in total. The van der Waals surface area contributed by atoms with E-state index in [1.807, 2.05) is 32.0 Å². The summed E-state index contributed by atoms with van der Waals surface area (Å²) < 4.78 is 27.5. The molecule has 2 rings (SSSR count). The van der Waals surface area contributed by atoms with Crippen LogP contribution in [0.2, 0.25) is 0 Å². The number of rotatable bonds is 6. The van der Waals surface area contributed by atoms with Gasteiger partial charge in [-0.1, -0.05) is 43.3 Å². The lowest BCUT2D eigenvalue weighted by Crippen LogP contribution is -2.21. The highest BCUT2D eigenvalue weighted by molar-refractivity contribution is 7.92. The van der Waals surface area contributed by atoms with Crippen LogP contribution in [0.3, 0.4) is 0 Å². The van der Waals surface area contributed by atoms with Crippen LogP contribution in [0, 0.1) is 0 Å². The Kier molecular flexibility index (Phi) is 4.98. The second kappa shape index (κ2) is 6.74. The van der Waals surface area contributed by atoms with Gasteiger partial charge in [0.1, 0.15) is 0 Å². The molecule has 21 heavy (non-hydrogen) atoms. The van der Waals surface area contributed by atoms with Crippen LogP contribution in [0.15, 0.2) is 59.5 Å². The van der Waals surface area contributed by atoms with Crippen LogP contribution in [-0.2, 0) is 10.0 Å². The minimum Gasteiger partial charge on any atom is -0.310 e. The van der Waals surface area contributed by atoms with Crippen LogP contribution in [-0.4, -0.2) is 15.0 Å². The number of para-hydroxylation sites is 1. The molecule has 0 aliphatic rings. The lowest BCUT2D eigenvalue weighted by Gasteiger charge is -2.18. The van der Waals surface area contributed by atoms with Gasteiger partial charge in [0.2, 0.25) is 0 Å². The minimum absolute atomic E-state index is 0.0738. The van der Waals surface area contributed by atoms with E-state index in [0.717, 1.165) is 12.1 Å². The summed E-state index contributed by atoms with van der Waals surface area (Å²) >= 11 is 0. The van der Waals surface area contributed by atoms with Crippen molar-refractivity contribution in [2.45, 2.75) is 24.8 Å². The van der Waals surface area contributed by atoms with Gasteiger partial charge in [-0.05, 0) is 37.2 Å². The second-order valence-corrected chi connectivity index (χ2v) is 6.47. The van der Waals surface area contributed by atoms with Gasteiger partial charge >= 0.3 is 0 Å². The van der Waals surface area contributed by atoms with Gasteiger partial charge in [-0.3, -0.25) is 4.72 Å². The average molecular weight is 304 g/mol. The maximum atomic E-state index is 12.4. The largest absolute Gasteiger partial charge is 0.310 e. The smallest absolute Gasteiger partial charge is 0.261 e. The zero-order valence-electron chi connectivity index (χ0n) is 12.2. The zero-order chi connectivity index (χ0) is 15.3. The van der Waals surface area contributed by atoms with E-state index in [1.165, 1.54) is 0 Å². The Morgan fingerprint density at radius 3 is 2.29 bits per heavy atom. The zero-order valence-corrected chi connectivity index (χ0v) is 13.0. The molecule has 2 N–H and O–H groups in total. The van der Waals surface area contributed by atoms with Crippen molar-refractivity contribution in [3.05, 3.63) is 60.2 Å². The predicted octanol–water partition coefficient (Wildman–Crippen LogP) is 3.16. The summed E-state index contributed by atoms with van der Waals surface area (Å²) in [5.41, 5.74) is 1.54. The van der Waals surface area contributed by atoms with Gasteiger partial charge in [-0.15, -0.1) is 0 Å². The molecule has 0 heterocycles. The van der Waals surface area contributed by atoms with Crippen molar-refractivity contribution in [1.29, 1.82) is 0 Å². The molecule has 1 atom stereocenters. The number of nitrogens with one attached hydrogen (secondary N) is 2. The third-order valence-electron chi connectivity index (χ3n) is 3.24. The third-order valence-corrected chi connectivity index (χ3v) is 4.62. The van der Waals surface area contributed by atoms with E-state index < -0.39 is 10.0 Å². The van der Waals surface area contributed by atoms with Crippen LogP contribution in [0.25, 0.3) is 0 Å². The number of hydrogen-bond donors (Lipinski definition) is 2. The van der Waals surface area contributed by atoms with Crippen molar-refractivity contribution in [2.24, 2.45) is 0 Å².